The van der Waals surface area contributed by atoms with Crippen molar-refractivity contribution in [1.29, 1.82) is 0 Å². The van der Waals surface area contributed by atoms with Crippen molar-refractivity contribution in [3.8, 4) is 0 Å². The van der Waals surface area contributed by atoms with Gasteiger partial charge in [-0.05, 0) is 45.9 Å². The maximum atomic E-state index is 6.07. The van der Waals surface area contributed by atoms with Gasteiger partial charge in [-0.2, -0.15) is 0 Å². The van der Waals surface area contributed by atoms with E-state index in [4.69, 9.17) is 9.31 Å². The lowest BCUT2D eigenvalue weighted by Gasteiger charge is -2.32. The summed E-state index contributed by atoms with van der Waals surface area (Å²) in [7, 11) is -0.393. The highest BCUT2D eigenvalue weighted by Gasteiger charge is 2.51. The molecule has 0 aliphatic carbocycles. The molecule has 1 aliphatic heterocycles. The third-order valence-corrected chi connectivity index (χ3v) is 4.35. The standard InChI is InChI=1S/C17H21BN2O2/c1-16(2)17(3,4)22-18(21-16)13-10-15(12-19-11-13)20-14-8-6-5-7-9-14/h5-12,20H,1-4H3. The van der Waals surface area contributed by atoms with E-state index in [0.29, 0.717) is 0 Å². The molecule has 2 heterocycles. The first-order valence-electron chi connectivity index (χ1n) is 7.50. The van der Waals surface area contributed by atoms with Gasteiger partial charge < -0.3 is 14.6 Å². The Bertz CT molecular complexity index is 643. The summed E-state index contributed by atoms with van der Waals surface area (Å²) in [6.45, 7) is 8.19. The summed E-state index contributed by atoms with van der Waals surface area (Å²) in [5.41, 5.74) is 2.16. The first-order valence-corrected chi connectivity index (χ1v) is 7.50. The van der Waals surface area contributed by atoms with Gasteiger partial charge in [0.05, 0.1) is 23.1 Å². The molecule has 0 radical (unpaired) electrons. The fraction of sp³-hybridized carbons (Fsp3) is 0.353. The number of rotatable bonds is 3. The molecule has 4 nitrogen and oxygen atoms in total. The van der Waals surface area contributed by atoms with E-state index >= 15 is 0 Å². The van der Waals surface area contributed by atoms with Crippen LogP contribution >= 0.6 is 0 Å². The number of hydrogen-bond acceptors (Lipinski definition) is 4. The second-order valence-corrected chi connectivity index (χ2v) is 6.59. The van der Waals surface area contributed by atoms with Crippen LogP contribution in [0.2, 0.25) is 0 Å². The van der Waals surface area contributed by atoms with Crippen molar-refractivity contribution in [2.24, 2.45) is 0 Å². The smallest absolute Gasteiger partial charge is 0.399 e. The molecule has 22 heavy (non-hydrogen) atoms. The normalized spacial score (nSPS) is 19.2. The van der Waals surface area contributed by atoms with Crippen LogP contribution in [0.15, 0.2) is 48.8 Å². The molecule has 2 aromatic rings. The van der Waals surface area contributed by atoms with E-state index in [1.54, 1.807) is 12.4 Å². The van der Waals surface area contributed by atoms with Gasteiger partial charge in [-0.1, -0.05) is 18.2 Å². The summed E-state index contributed by atoms with van der Waals surface area (Å²) >= 11 is 0. The third kappa shape index (κ3) is 2.87. The molecule has 114 valence electrons. The van der Waals surface area contributed by atoms with Crippen LogP contribution in [0.4, 0.5) is 11.4 Å². The van der Waals surface area contributed by atoms with E-state index in [1.807, 2.05) is 64.1 Å². The summed E-state index contributed by atoms with van der Waals surface area (Å²) in [5, 5.41) is 3.34. The van der Waals surface area contributed by atoms with Crippen molar-refractivity contribution < 1.29 is 9.31 Å². The molecule has 1 aromatic carbocycles. The highest BCUT2D eigenvalue weighted by atomic mass is 16.7. The second kappa shape index (κ2) is 5.41. The van der Waals surface area contributed by atoms with Crippen molar-refractivity contribution in [3.63, 3.8) is 0 Å². The Balaban J connectivity index is 1.81. The monoisotopic (exact) mass is 296 g/mol. The number of nitrogens with one attached hydrogen (secondary N) is 1. The molecule has 0 atom stereocenters. The quantitative estimate of drug-likeness (QED) is 0.884. The number of pyridine rings is 1. The van der Waals surface area contributed by atoms with Crippen LogP contribution < -0.4 is 10.8 Å². The minimum absolute atomic E-state index is 0.347. The number of anilines is 2. The molecule has 0 amide bonds. The number of hydrogen-bond donors (Lipinski definition) is 1. The Morgan fingerprint density at radius 3 is 2.18 bits per heavy atom. The molecule has 3 rings (SSSR count). The molecule has 1 aromatic heterocycles. The summed E-state index contributed by atoms with van der Waals surface area (Å²) < 4.78 is 12.1. The molecule has 5 heteroatoms. The van der Waals surface area contributed by atoms with Gasteiger partial charge in [0, 0.05) is 17.3 Å². The van der Waals surface area contributed by atoms with Gasteiger partial charge in [0.2, 0.25) is 0 Å². The molecular weight excluding hydrogens is 275 g/mol. The molecule has 0 unspecified atom stereocenters. The Kier molecular flexibility index (Phi) is 3.71. The van der Waals surface area contributed by atoms with E-state index in [0.717, 1.165) is 16.8 Å². The predicted octanol–water partition coefficient (Wildman–Crippen LogP) is 3.12. The van der Waals surface area contributed by atoms with Gasteiger partial charge >= 0.3 is 7.12 Å². The maximum Gasteiger partial charge on any atom is 0.496 e. The maximum absolute atomic E-state index is 6.07. The van der Waals surface area contributed by atoms with Crippen LogP contribution in [0.25, 0.3) is 0 Å². The SMILES string of the molecule is CC1(C)OB(c2cncc(Nc3ccccc3)c2)OC1(C)C. The van der Waals surface area contributed by atoms with E-state index in [9.17, 15) is 0 Å². The average Bonchev–Trinajstić information content (AvgIpc) is 2.69. The summed E-state index contributed by atoms with van der Waals surface area (Å²) in [5.74, 6) is 0. The zero-order valence-corrected chi connectivity index (χ0v) is 13.5. The van der Waals surface area contributed by atoms with Crippen molar-refractivity contribution in [3.05, 3.63) is 48.8 Å². The molecular formula is C17H21BN2O2. The Hall–Kier alpha value is -1.85. The number of nitrogens with zero attached hydrogens (tertiary/aromatic N) is 1. The van der Waals surface area contributed by atoms with Crippen molar-refractivity contribution >= 4 is 24.0 Å². The van der Waals surface area contributed by atoms with Crippen molar-refractivity contribution in [2.75, 3.05) is 5.32 Å². The third-order valence-electron chi connectivity index (χ3n) is 4.35. The fourth-order valence-corrected chi connectivity index (χ4v) is 2.32. The van der Waals surface area contributed by atoms with E-state index < -0.39 is 7.12 Å². The van der Waals surface area contributed by atoms with Gasteiger partial charge in [0.25, 0.3) is 0 Å². The Labute approximate surface area is 132 Å². The van der Waals surface area contributed by atoms with Crippen molar-refractivity contribution in [2.45, 2.75) is 38.9 Å². The minimum atomic E-state index is -0.393. The number of para-hydroxylation sites is 1. The lowest BCUT2D eigenvalue weighted by atomic mass is 9.80. The van der Waals surface area contributed by atoms with Gasteiger partial charge in [-0.25, -0.2) is 0 Å². The molecule has 1 N–H and O–H groups in total. The first kappa shape index (κ1) is 15.1. The lowest BCUT2D eigenvalue weighted by Crippen LogP contribution is -2.41. The van der Waals surface area contributed by atoms with Crippen LogP contribution in [0, 0.1) is 0 Å². The Morgan fingerprint density at radius 2 is 1.55 bits per heavy atom. The van der Waals surface area contributed by atoms with Crippen LogP contribution in [0.1, 0.15) is 27.7 Å². The average molecular weight is 296 g/mol. The Morgan fingerprint density at radius 1 is 0.909 bits per heavy atom. The fourth-order valence-electron chi connectivity index (χ4n) is 2.32. The summed E-state index contributed by atoms with van der Waals surface area (Å²) in [4.78, 5) is 4.30. The first-order chi connectivity index (χ1) is 10.4. The molecule has 0 spiro atoms. The second-order valence-electron chi connectivity index (χ2n) is 6.59. The van der Waals surface area contributed by atoms with E-state index in [-0.39, 0.29) is 11.2 Å². The van der Waals surface area contributed by atoms with Crippen LogP contribution in [0.3, 0.4) is 0 Å². The topological polar surface area (TPSA) is 43.4 Å². The molecule has 0 saturated carbocycles. The summed E-state index contributed by atoms with van der Waals surface area (Å²) in [6.07, 6.45) is 3.58. The molecule has 1 aliphatic rings. The van der Waals surface area contributed by atoms with Crippen LogP contribution in [-0.2, 0) is 9.31 Å². The zero-order chi connectivity index (χ0) is 15.8. The molecule has 1 fully saturated rings. The zero-order valence-electron chi connectivity index (χ0n) is 13.5. The number of benzene rings is 1. The molecule has 0 bridgehead atoms. The van der Waals surface area contributed by atoms with E-state index in [1.165, 1.54) is 0 Å². The van der Waals surface area contributed by atoms with Gasteiger partial charge in [-0.3, -0.25) is 4.98 Å². The minimum Gasteiger partial charge on any atom is -0.399 e. The van der Waals surface area contributed by atoms with Gasteiger partial charge in [-0.15, -0.1) is 0 Å². The van der Waals surface area contributed by atoms with E-state index in [2.05, 4.69) is 10.3 Å². The van der Waals surface area contributed by atoms with Crippen LogP contribution in [-0.4, -0.2) is 23.3 Å². The van der Waals surface area contributed by atoms with Gasteiger partial charge in [0.15, 0.2) is 0 Å². The highest BCUT2D eigenvalue weighted by molar-refractivity contribution is 6.62. The van der Waals surface area contributed by atoms with Crippen LogP contribution in [0.5, 0.6) is 0 Å². The summed E-state index contributed by atoms with van der Waals surface area (Å²) in [6, 6.07) is 12.0. The molecule has 1 saturated heterocycles. The van der Waals surface area contributed by atoms with Crippen molar-refractivity contribution in [1.82, 2.24) is 4.98 Å². The predicted molar refractivity (Wildman–Crippen MR) is 89.7 cm³/mol. The van der Waals surface area contributed by atoms with Gasteiger partial charge in [0.1, 0.15) is 0 Å². The number of aromatic nitrogens is 1. The highest BCUT2D eigenvalue weighted by Crippen LogP contribution is 2.36. The largest absolute Gasteiger partial charge is 0.496 e. The lowest BCUT2D eigenvalue weighted by molar-refractivity contribution is 0.00578.